The molecule has 0 unspecified atom stereocenters. The van der Waals surface area contributed by atoms with Gasteiger partial charge in [-0.15, -0.1) is 5.10 Å². The molecule has 0 N–H and O–H groups in total. The Hall–Kier alpha value is -3.03. The van der Waals surface area contributed by atoms with Crippen LogP contribution in [-0.4, -0.2) is 52.1 Å². The number of aryl methyl sites for hydroxylation is 1. The van der Waals surface area contributed by atoms with Crippen molar-refractivity contribution in [1.82, 2.24) is 15.1 Å². The van der Waals surface area contributed by atoms with Gasteiger partial charge < -0.3 is 9.80 Å². The highest BCUT2D eigenvalue weighted by atomic mass is 16.6. The van der Waals surface area contributed by atoms with Crippen LogP contribution in [0.4, 0.5) is 11.5 Å². The van der Waals surface area contributed by atoms with Gasteiger partial charge in [0.05, 0.1) is 4.92 Å². The first-order chi connectivity index (χ1) is 11.6. The molecular formula is C16H17N5O3. The molecule has 1 aliphatic heterocycles. The Labute approximate surface area is 138 Å². The molecule has 1 aromatic heterocycles. The summed E-state index contributed by atoms with van der Waals surface area (Å²) in [5.74, 6) is 0.697. The van der Waals surface area contributed by atoms with Gasteiger partial charge in [0.25, 0.3) is 11.6 Å². The molecule has 0 saturated carbocycles. The zero-order valence-electron chi connectivity index (χ0n) is 13.3. The van der Waals surface area contributed by atoms with Gasteiger partial charge >= 0.3 is 0 Å². The van der Waals surface area contributed by atoms with E-state index in [1.54, 1.807) is 24.1 Å². The van der Waals surface area contributed by atoms with Crippen LogP contribution in [-0.2, 0) is 0 Å². The lowest BCUT2D eigenvalue weighted by Crippen LogP contribution is -2.49. The summed E-state index contributed by atoms with van der Waals surface area (Å²) in [6.45, 7) is 4.14. The van der Waals surface area contributed by atoms with E-state index in [0.29, 0.717) is 37.3 Å². The standard InChI is InChI=1S/C16H17N5O3/c1-12-11-13(4-5-14(12)21(23)24)16(22)20-9-7-19(8-10-20)15-3-2-6-17-18-15/h2-6,11H,7-10H2,1H3. The van der Waals surface area contributed by atoms with E-state index < -0.39 is 4.92 Å². The molecule has 24 heavy (non-hydrogen) atoms. The fraction of sp³-hybridized carbons (Fsp3) is 0.312. The SMILES string of the molecule is Cc1cc(C(=O)N2CCN(c3cccnn3)CC2)ccc1[N+](=O)[O-]. The number of hydrogen-bond donors (Lipinski definition) is 0. The number of nitro benzene ring substituents is 1. The van der Waals surface area contributed by atoms with Crippen LogP contribution in [0.25, 0.3) is 0 Å². The average molecular weight is 327 g/mol. The average Bonchev–Trinajstić information content (AvgIpc) is 2.61. The third-order valence-corrected chi connectivity index (χ3v) is 4.09. The van der Waals surface area contributed by atoms with Crippen molar-refractivity contribution in [3.05, 3.63) is 57.8 Å². The quantitative estimate of drug-likeness (QED) is 0.629. The van der Waals surface area contributed by atoms with Crippen LogP contribution in [0.1, 0.15) is 15.9 Å². The van der Waals surface area contributed by atoms with E-state index in [1.165, 1.54) is 12.1 Å². The van der Waals surface area contributed by atoms with Crippen LogP contribution in [0.2, 0.25) is 0 Å². The molecule has 2 heterocycles. The van der Waals surface area contributed by atoms with E-state index in [2.05, 4.69) is 15.1 Å². The number of aromatic nitrogens is 2. The van der Waals surface area contributed by atoms with Crippen LogP contribution in [0.3, 0.4) is 0 Å². The van der Waals surface area contributed by atoms with Gasteiger partial charge in [-0.05, 0) is 31.2 Å². The summed E-state index contributed by atoms with van der Waals surface area (Å²) in [5, 5.41) is 18.8. The predicted octanol–water partition coefficient (Wildman–Crippen LogP) is 1.66. The molecule has 1 amide bonds. The summed E-state index contributed by atoms with van der Waals surface area (Å²) >= 11 is 0. The monoisotopic (exact) mass is 327 g/mol. The van der Waals surface area contributed by atoms with Crippen molar-refractivity contribution in [2.24, 2.45) is 0 Å². The van der Waals surface area contributed by atoms with Gasteiger partial charge in [-0.3, -0.25) is 14.9 Å². The second kappa shape index (κ2) is 6.61. The van der Waals surface area contributed by atoms with Crippen LogP contribution in [0.15, 0.2) is 36.5 Å². The van der Waals surface area contributed by atoms with Gasteiger partial charge in [0, 0.05) is 49.6 Å². The Morgan fingerprint density at radius 3 is 2.54 bits per heavy atom. The normalized spacial score (nSPS) is 14.5. The zero-order valence-corrected chi connectivity index (χ0v) is 13.3. The number of nitrogens with zero attached hydrogens (tertiary/aromatic N) is 5. The number of nitro groups is 1. The molecule has 0 atom stereocenters. The molecule has 124 valence electrons. The van der Waals surface area contributed by atoms with Crippen LogP contribution in [0, 0.1) is 17.0 Å². The number of piperazine rings is 1. The maximum absolute atomic E-state index is 12.6. The Kier molecular flexibility index (Phi) is 4.37. The van der Waals surface area contributed by atoms with Crippen molar-refractivity contribution in [3.8, 4) is 0 Å². The maximum Gasteiger partial charge on any atom is 0.272 e. The summed E-state index contributed by atoms with van der Waals surface area (Å²) in [5.41, 5.74) is 0.995. The van der Waals surface area contributed by atoms with E-state index in [-0.39, 0.29) is 11.6 Å². The molecule has 2 aromatic rings. The summed E-state index contributed by atoms with van der Waals surface area (Å²) in [7, 11) is 0. The Bertz CT molecular complexity index is 758. The lowest BCUT2D eigenvalue weighted by atomic mass is 10.1. The molecule has 0 bridgehead atoms. The van der Waals surface area contributed by atoms with Crippen LogP contribution in [0.5, 0.6) is 0 Å². The van der Waals surface area contributed by atoms with Gasteiger partial charge in [0.2, 0.25) is 0 Å². The molecule has 1 aromatic carbocycles. The topological polar surface area (TPSA) is 92.5 Å². The minimum atomic E-state index is -0.441. The molecule has 8 nitrogen and oxygen atoms in total. The van der Waals surface area contributed by atoms with Gasteiger partial charge in [0.15, 0.2) is 5.82 Å². The van der Waals surface area contributed by atoms with Crippen molar-refractivity contribution in [3.63, 3.8) is 0 Å². The summed E-state index contributed by atoms with van der Waals surface area (Å²) in [4.78, 5) is 26.9. The molecule has 0 aliphatic carbocycles. The highest BCUT2D eigenvalue weighted by molar-refractivity contribution is 5.95. The number of rotatable bonds is 3. The smallest absolute Gasteiger partial charge is 0.272 e. The summed E-state index contributed by atoms with van der Waals surface area (Å²) in [6, 6.07) is 8.21. The lowest BCUT2D eigenvalue weighted by Gasteiger charge is -2.35. The minimum Gasteiger partial charge on any atom is -0.352 e. The predicted molar refractivity (Wildman–Crippen MR) is 88.0 cm³/mol. The first-order valence-electron chi connectivity index (χ1n) is 7.63. The molecule has 0 spiro atoms. The van der Waals surface area contributed by atoms with Crippen molar-refractivity contribution < 1.29 is 9.72 Å². The Balaban J connectivity index is 1.67. The molecular weight excluding hydrogens is 310 g/mol. The van der Waals surface area contributed by atoms with Crippen molar-refractivity contribution >= 4 is 17.4 Å². The third-order valence-electron chi connectivity index (χ3n) is 4.09. The van der Waals surface area contributed by atoms with E-state index in [9.17, 15) is 14.9 Å². The third kappa shape index (κ3) is 3.17. The minimum absolute atomic E-state index is 0.0269. The zero-order chi connectivity index (χ0) is 17.1. The molecule has 8 heteroatoms. The molecule has 3 rings (SSSR count). The fourth-order valence-corrected chi connectivity index (χ4v) is 2.78. The second-order valence-corrected chi connectivity index (χ2v) is 5.62. The number of hydrogen-bond acceptors (Lipinski definition) is 6. The highest BCUT2D eigenvalue weighted by Crippen LogP contribution is 2.20. The number of anilines is 1. The van der Waals surface area contributed by atoms with Gasteiger partial charge in [-0.1, -0.05) is 0 Å². The number of benzene rings is 1. The molecule has 1 fully saturated rings. The van der Waals surface area contributed by atoms with Crippen LogP contribution >= 0.6 is 0 Å². The van der Waals surface area contributed by atoms with Crippen LogP contribution < -0.4 is 4.90 Å². The van der Waals surface area contributed by atoms with Crippen molar-refractivity contribution in [1.29, 1.82) is 0 Å². The molecule has 1 saturated heterocycles. The highest BCUT2D eigenvalue weighted by Gasteiger charge is 2.24. The fourth-order valence-electron chi connectivity index (χ4n) is 2.78. The van der Waals surface area contributed by atoms with Crippen molar-refractivity contribution in [2.45, 2.75) is 6.92 Å². The second-order valence-electron chi connectivity index (χ2n) is 5.62. The lowest BCUT2D eigenvalue weighted by molar-refractivity contribution is -0.385. The van der Waals surface area contributed by atoms with Gasteiger partial charge in [-0.2, -0.15) is 5.10 Å². The maximum atomic E-state index is 12.6. The van der Waals surface area contributed by atoms with E-state index in [1.807, 2.05) is 12.1 Å². The number of amides is 1. The first-order valence-corrected chi connectivity index (χ1v) is 7.63. The first kappa shape index (κ1) is 15.9. The summed E-state index contributed by atoms with van der Waals surface area (Å²) < 4.78 is 0. The van der Waals surface area contributed by atoms with E-state index in [4.69, 9.17) is 0 Å². The van der Waals surface area contributed by atoms with E-state index in [0.717, 1.165) is 5.82 Å². The Morgan fingerprint density at radius 1 is 1.21 bits per heavy atom. The summed E-state index contributed by atoms with van der Waals surface area (Å²) in [6.07, 6.45) is 1.63. The number of carbonyl (C=O) groups excluding carboxylic acids is 1. The molecule has 1 aliphatic rings. The largest absolute Gasteiger partial charge is 0.352 e. The van der Waals surface area contributed by atoms with Gasteiger partial charge in [-0.25, -0.2) is 0 Å². The van der Waals surface area contributed by atoms with Gasteiger partial charge in [0.1, 0.15) is 0 Å². The van der Waals surface area contributed by atoms with Crippen molar-refractivity contribution in [2.75, 3.05) is 31.1 Å². The Morgan fingerprint density at radius 2 is 1.96 bits per heavy atom. The molecule has 0 radical (unpaired) electrons. The van der Waals surface area contributed by atoms with E-state index >= 15 is 0 Å². The number of carbonyl (C=O) groups is 1.